The predicted molar refractivity (Wildman–Crippen MR) is 77.5 cm³/mol. The molecule has 0 aromatic heterocycles. The first-order valence-corrected chi connectivity index (χ1v) is 7.17. The number of rotatable bonds is 2. The third-order valence-electron chi connectivity index (χ3n) is 3.68. The molecule has 2 aromatic rings. The van der Waals surface area contributed by atoms with Gasteiger partial charge in [0.1, 0.15) is 0 Å². The quantitative estimate of drug-likeness (QED) is 0.593. The Hall–Kier alpha value is -1.41. The van der Waals surface area contributed by atoms with Gasteiger partial charge in [-0.25, -0.2) is 0 Å². The van der Waals surface area contributed by atoms with Crippen molar-refractivity contribution in [3.8, 4) is 11.1 Å². The average Bonchev–Trinajstić information content (AvgIpc) is 2.72. The molecule has 0 radical (unpaired) electrons. The number of hydrogen-bond acceptors (Lipinski definition) is 1. The van der Waals surface area contributed by atoms with Crippen LogP contribution >= 0.6 is 15.9 Å². The predicted octanol–water partition coefficient (Wildman–Crippen LogP) is 4.40. The Morgan fingerprint density at radius 1 is 1.11 bits per heavy atom. The van der Waals surface area contributed by atoms with E-state index in [1.54, 1.807) is 0 Å². The van der Waals surface area contributed by atoms with Crippen molar-refractivity contribution >= 4 is 21.7 Å². The zero-order valence-corrected chi connectivity index (χ0v) is 11.7. The van der Waals surface area contributed by atoms with Crippen molar-refractivity contribution in [1.29, 1.82) is 0 Å². The first-order valence-electron chi connectivity index (χ1n) is 6.05. The molecule has 0 heterocycles. The number of carbonyl (C=O) groups excluding carboxylic acids is 1. The molecule has 0 fully saturated rings. The van der Waals surface area contributed by atoms with Crippen LogP contribution in [0.3, 0.4) is 0 Å². The zero-order chi connectivity index (χ0) is 12.7. The van der Waals surface area contributed by atoms with Gasteiger partial charge in [0.2, 0.25) is 0 Å². The van der Waals surface area contributed by atoms with E-state index in [9.17, 15) is 4.79 Å². The highest BCUT2D eigenvalue weighted by atomic mass is 79.9. The van der Waals surface area contributed by atoms with Crippen LogP contribution in [0.1, 0.15) is 34.3 Å². The van der Waals surface area contributed by atoms with Gasteiger partial charge in [0.25, 0.3) is 0 Å². The highest BCUT2D eigenvalue weighted by Crippen LogP contribution is 2.44. The first-order chi connectivity index (χ1) is 8.72. The van der Waals surface area contributed by atoms with E-state index in [4.69, 9.17) is 0 Å². The molecule has 0 bridgehead atoms. The molecule has 1 aliphatic carbocycles. The van der Waals surface area contributed by atoms with Crippen molar-refractivity contribution in [2.24, 2.45) is 0 Å². The summed E-state index contributed by atoms with van der Waals surface area (Å²) < 4.78 is 0. The van der Waals surface area contributed by atoms with Crippen molar-refractivity contribution in [3.05, 3.63) is 59.2 Å². The van der Waals surface area contributed by atoms with Crippen LogP contribution in [-0.4, -0.2) is 11.1 Å². The van der Waals surface area contributed by atoms with Crippen molar-refractivity contribution in [3.63, 3.8) is 0 Å². The topological polar surface area (TPSA) is 17.1 Å². The van der Waals surface area contributed by atoms with Gasteiger partial charge in [-0.2, -0.15) is 0 Å². The van der Waals surface area contributed by atoms with Gasteiger partial charge in [-0.05, 0) is 28.3 Å². The molecule has 0 spiro atoms. The van der Waals surface area contributed by atoms with Crippen LogP contribution in [0.25, 0.3) is 11.1 Å². The van der Waals surface area contributed by atoms with Crippen LogP contribution in [0.5, 0.6) is 0 Å². The minimum Gasteiger partial charge on any atom is -0.293 e. The Balaban J connectivity index is 2.16. The summed E-state index contributed by atoms with van der Waals surface area (Å²) in [5.74, 6) is 0.514. The maximum atomic E-state index is 11.7. The van der Waals surface area contributed by atoms with E-state index in [-0.39, 0.29) is 5.78 Å². The molecule has 18 heavy (non-hydrogen) atoms. The zero-order valence-electron chi connectivity index (χ0n) is 10.1. The average molecular weight is 301 g/mol. The van der Waals surface area contributed by atoms with Crippen LogP contribution in [-0.2, 0) is 0 Å². The second-order valence-corrected chi connectivity index (χ2v) is 5.23. The summed E-state index contributed by atoms with van der Waals surface area (Å²) in [4.78, 5) is 11.7. The molecule has 3 rings (SSSR count). The third-order valence-corrected chi connectivity index (χ3v) is 4.19. The number of carbonyl (C=O) groups is 1. The second kappa shape index (κ2) is 4.36. The van der Waals surface area contributed by atoms with Gasteiger partial charge >= 0.3 is 0 Å². The highest BCUT2D eigenvalue weighted by Gasteiger charge is 2.25. The van der Waals surface area contributed by atoms with Gasteiger partial charge in [-0.3, -0.25) is 4.79 Å². The van der Waals surface area contributed by atoms with Crippen molar-refractivity contribution in [2.75, 3.05) is 5.33 Å². The highest BCUT2D eigenvalue weighted by molar-refractivity contribution is 9.09. The Bertz CT molecular complexity index is 631. The van der Waals surface area contributed by atoms with Crippen LogP contribution < -0.4 is 0 Å². The number of halogens is 1. The Kier molecular flexibility index (Phi) is 2.83. The molecule has 1 aliphatic rings. The summed E-state index contributed by atoms with van der Waals surface area (Å²) in [5.41, 5.74) is 5.99. The van der Waals surface area contributed by atoms with E-state index in [2.05, 4.69) is 53.2 Å². The summed E-state index contributed by atoms with van der Waals surface area (Å²) in [6, 6.07) is 14.5. The maximum Gasteiger partial charge on any atom is 0.173 e. The van der Waals surface area contributed by atoms with Crippen LogP contribution in [0.15, 0.2) is 42.5 Å². The number of alkyl halides is 1. The molecule has 90 valence electrons. The number of benzene rings is 2. The third kappa shape index (κ3) is 1.64. The van der Waals surface area contributed by atoms with Crippen molar-refractivity contribution in [1.82, 2.24) is 0 Å². The van der Waals surface area contributed by atoms with Crippen molar-refractivity contribution < 1.29 is 4.79 Å². The molecule has 2 heteroatoms. The van der Waals surface area contributed by atoms with Crippen LogP contribution in [0.2, 0.25) is 0 Å². The molecule has 0 N–H and O–H groups in total. The van der Waals surface area contributed by atoms with Gasteiger partial charge in [0, 0.05) is 11.5 Å². The van der Waals surface area contributed by atoms with E-state index in [0.717, 1.165) is 5.56 Å². The molecular formula is C16H13BrO. The Morgan fingerprint density at radius 3 is 2.61 bits per heavy atom. The summed E-state index contributed by atoms with van der Waals surface area (Å²) >= 11 is 3.23. The summed E-state index contributed by atoms with van der Waals surface area (Å²) in [5, 5.41) is 0.382. The standard InChI is InChI=1S/C16H13BrO/c1-10-12-4-2-3-5-13(12)14-7-6-11(8-15(10)14)16(18)9-17/h2-8,10H,9H2,1H3. The molecule has 1 nitrogen and oxygen atoms in total. The van der Waals surface area contributed by atoms with E-state index < -0.39 is 0 Å². The molecule has 0 amide bonds. The molecular weight excluding hydrogens is 288 g/mol. The van der Waals surface area contributed by atoms with Crippen molar-refractivity contribution in [2.45, 2.75) is 12.8 Å². The Labute approximate surface area is 115 Å². The number of fused-ring (bicyclic) bond motifs is 3. The monoisotopic (exact) mass is 300 g/mol. The largest absolute Gasteiger partial charge is 0.293 e. The fourth-order valence-electron chi connectivity index (χ4n) is 2.70. The normalized spacial score (nSPS) is 16.2. The fourth-order valence-corrected chi connectivity index (χ4v) is 3.03. The van der Waals surface area contributed by atoms with E-state index in [1.165, 1.54) is 22.3 Å². The van der Waals surface area contributed by atoms with Gasteiger partial charge in [0.05, 0.1) is 5.33 Å². The fraction of sp³-hybridized carbons (Fsp3) is 0.188. The molecule has 0 aliphatic heterocycles. The Morgan fingerprint density at radius 2 is 1.83 bits per heavy atom. The molecule has 0 saturated heterocycles. The second-order valence-electron chi connectivity index (χ2n) is 4.67. The van der Waals surface area contributed by atoms with E-state index in [0.29, 0.717) is 11.2 Å². The summed E-state index contributed by atoms with van der Waals surface area (Å²) in [6.07, 6.45) is 0. The van der Waals surface area contributed by atoms with Gasteiger partial charge in [-0.15, -0.1) is 0 Å². The number of hydrogen-bond donors (Lipinski definition) is 0. The maximum absolute atomic E-state index is 11.7. The molecule has 1 atom stereocenters. The van der Waals surface area contributed by atoms with Crippen LogP contribution in [0.4, 0.5) is 0 Å². The molecule has 1 unspecified atom stereocenters. The van der Waals surface area contributed by atoms with E-state index >= 15 is 0 Å². The summed E-state index contributed by atoms with van der Waals surface area (Å²) in [6.45, 7) is 2.20. The van der Waals surface area contributed by atoms with Gasteiger partial charge in [0.15, 0.2) is 5.78 Å². The lowest BCUT2D eigenvalue weighted by atomic mass is 9.97. The van der Waals surface area contributed by atoms with Crippen LogP contribution in [0, 0.1) is 0 Å². The lowest BCUT2D eigenvalue weighted by Crippen LogP contribution is -2.01. The van der Waals surface area contributed by atoms with Gasteiger partial charge < -0.3 is 0 Å². The number of Topliss-reactive ketones (excluding diaryl/α,β-unsaturated/α-hetero) is 1. The smallest absolute Gasteiger partial charge is 0.173 e. The molecule has 2 aromatic carbocycles. The SMILES string of the molecule is CC1c2ccccc2-c2ccc(C(=O)CBr)cc21. The first kappa shape index (κ1) is 11.7. The minimum atomic E-state index is 0.140. The number of ketones is 1. The lowest BCUT2D eigenvalue weighted by Gasteiger charge is -2.07. The minimum absolute atomic E-state index is 0.140. The lowest BCUT2D eigenvalue weighted by molar-refractivity contribution is 0.102. The summed E-state index contributed by atoms with van der Waals surface area (Å²) in [7, 11) is 0. The van der Waals surface area contributed by atoms with E-state index in [1.807, 2.05) is 12.1 Å². The molecule has 0 saturated carbocycles. The van der Waals surface area contributed by atoms with Gasteiger partial charge in [-0.1, -0.05) is 59.3 Å².